The van der Waals surface area contributed by atoms with Gasteiger partial charge < -0.3 is 4.90 Å². The SMILES string of the molecule is Cc1[nH]ncc1C(=O)N1CCC(Cc2ccc(F)cc2)C1. The fraction of sp³-hybridized carbons (Fsp3) is 0.375. The zero-order valence-electron chi connectivity index (χ0n) is 12.0. The number of aromatic nitrogens is 2. The predicted molar refractivity (Wildman–Crippen MR) is 77.4 cm³/mol. The van der Waals surface area contributed by atoms with Gasteiger partial charge in [0.15, 0.2) is 0 Å². The third-order valence-corrected chi connectivity index (χ3v) is 4.07. The molecule has 110 valence electrons. The molecule has 1 aliphatic rings. The van der Waals surface area contributed by atoms with Gasteiger partial charge in [-0.2, -0.15) is 5.10 Å². The van der Waals surface area contributed by atoms with Crippen LogP contribution in [0.15, 0.2) is 30.5 Å². The van der Waals surface area contributed by atoms with Crippen LogP contribution in [0, 0.1) is 18.7 Å². The highest BCUT2D eigenvalue weighted by Crippen LogP contribution is 2.23. The molecule has 2 heterocycles. The monoisotopic (exact) mass is 287 g/mol. The van der Waals surface area contributed by atoms with Crippen LogP contribution in [0.2, 0.25) is 0 Å². The van der Waals surface area contributed by atoms with Crippen LogP contribution in [0.5, 0.6) is 0 Å². The summed E-state index contributed by atoms with van der Waals surface area (Å²) in [5.41, 5.74) is 2.58. The fourth-order valence-corrected chi connectivity index (χ4v) is 2.87. The number of aryl methyl sites for hydroxylation is 1. The number of H-pyrrole nitrogens is 1. The number of carbonyl (C=O) groups excluding carboxylic acids is 1. The highest BCUT2D eigenvalue weighted by atomic mass is 19.1. The number of likely N-dealkylation sites (tertiary alicyclic amines) is 1. The molecular formula is C16H18FN3O. The van der Waals surface area contributed by atoms with Gasteiger partial charge in [0.25, 0.3) is 5.91 Å². The summed E-state index contributed by atoms with van der Waals surface area (Å²) in [6.45, 7) is 3.38. The molecule has 1 fully saturated rings. The highest BCUT2D eigenvalue weighted by Gasteiger charge is 2.28. The van der Waals surface area contributed by atoms with Crippen molar-refractivity contribution < 1.29 is 9.18 Å². The molecular weight excluding hydrogens is 269 g/mol. The maximum absolute atomic E-state index is 12.9. The summed E-state index contributed by atoms with van der Waals surface area (Å²) in [5, 5.41) is 6.70. The van der Waals surface area contributed by atoms with Gasteiger partial charge in [-0.05, 0) is 43.4 Å². The molecule has 1 unspecified atom stereocenters. The first kappa shape index (κ1) is 13.8. The Labute approximate surface area is 123 Å². The molecule has 1 aromatic carbocycles. The highest BCUT2D eigenvalue weighted by molar-refractivity contribution is 5.95. The number of halogens is 1. The lowest BCUT2D eigenvalue weighted by molar-refractivity contribution is 0.0786. The van der Waals surface area contributed by atoms with Gasteiger partial charge in [0.1, 0.15) is 5.82 Å². The van der Waals surface area contributed by atoms with Crippen molar-refractivity contribution in [3.05, 3.63) is 53.1 Å². The molecule has 4 nitrogen and oxygen atoms in total. The summed E-state index contributed by atoms with van der Waals surface area (Å²) in [7, 11) is 0. The van der Waals surface area contributed by atoms with E-state index in [1.807, 2.05) is 24.0 Å². The first-order valence-electron chi connectivity index (χ1n) is 7.17. The van der Waals surface area contributed by atoms with Gasteiger partial charge in [-0.3, -0.25) is 9.89 Å². The minimum Gasteiger partial charge on any atom is -0.338 e. The van der Waals surface area contributed by atoms with Crippen LogP contribution in [-0.4, -0.2) is 34.1 Å². The molecule has 5 heteroatoms. The molecule has 1 aromatic heterocycles. The van der Waals surface area contributed by atoms with Crippen LogP contribution in [0.1, 0.15) is 28.0 Å². The Hall–Kier alpha value is -2.17. The number of benzene rings is 1. The quantitative estimate of drug-likeness (QED) is 0.943. The number of aromatic amines is 1. The second-order valence-electron chi connectivity index (χ2n) is 5.65. The third-order valence-electron chi connectivity index (χ3n) is 4.07. The van der Waals surface area contributed by atoms with E-state index in [4.69, 9.17) is 0 Å². The zero-order valence-corrected chi connectivity index (χ0v) is 12.0. The first-order chi connectivity index (χ1) is 10.1. The van der Waals surface area contributed by atoms with Crippen LogP contribution in [0.3, 0.4) is 0 Å². The van der Waals surface area contributed by atoms with E-state index in [1.165, 1.54) is 12.1 Å². The lowest BCUT2D eigenvalue weighted by Gasteiger charge is -2.16. The molecule has 2 aromatic rings. The van der Waals surface area contributed by atoms with E-state index in [9.17, 15) is 9.18 Å². The number of hydrogen-bond donors (Lipinski definition) is 1. The normalized spacial score (nSPS) is 18.2. The van der Waals surface area contributed by atoms with Crippen LogP contribution >= 0.6 is 0 Å². The first-order valence-corrected chi connectivity index (χ1v) is 7.17. The van der Waals surface area contributed by atoms with Crippen molar-refractivity contribution in [1.29, 1.82) is 0 Å². The largest absolute Gasteiger partial charge is 0.338 e. The molecule has 0 saturated carbocycles. The number of hydrogen-bond acceptors (Lipinski definition) is 2. The minimum atomic E-state index is -0.211. The summed E-state index contributed by atoms with van der Waals surface area (Å²) < 4.78 is 12.9. The maximum Gasteiger partial charge on any atom is 0.257 e. The minimum absolute atomic E-state index is 0.0443. The van der Waals surface area contributed by atoms with Gasteiger partial charge in [-0.1, -0.05) is 12.1 Å². The van der Waals surface area contributed by atoms with Gasteiger partial charge in [-0.15, -0.1) is 0 Å². The van der Waals surface area contributed by atoms with Crippen molar-refractivity contribution in [3.8, 4) is 0 Å². The van der Waals surface area contributed by atoms with E-state index in [1.54, 1.807) is 6.20 Å². The van der Waals surface area contributed by atoms with Crippen LogP contribution in [0.4, 0.5) is 4.39 Å². The Balaban J connectivity index is 1.62. The summed E-state index contributed by atoms with van der Waals surface area (Å²) >= 11 is 0. The summed E-state index contributed by atoms with van der Waals surface area (Å²) in [4.78, 5) is 14.3. The van der Waals surface area contributed by atoms with Crippen molar-refractivity contribution in [2.24, 2.45) is 5.92 Å². The summed E-state index contributed by atoms with van der Waals surface area (Å²) in [6.07, 6.45) is 3.46. The van der Waals surface area contributed by atoms with Crippen molar-refractivity contribution in [2.75, 3.05) is 13.1 Å². The molecule has 1 amide bonds. The Morgan fingerprint density at radius 1 is 1.43 bits per heavy atom. The van der Waals surface area contributed by atoms with Gasteiger partial charge in [0, 0.05) is 18.8 Å². The Morgan fingerprint density at radius 3 is 2.86 bits per heavy atom. The zero-order chi connectivity index (χ0) is 14.8. The Bertz CT molecular complexity index is 635. The second-order valence-corrected chi connectivity index (χ2v) is 5.65. The predicted octanol–water partition coefficient (Wildman–Crippen LogP) is 2.56. The van der Waals surface area contributed by atoms with Gasteiger partial charge in [0.05, 0.1) is 11.8 Å². The molecule has 1 N–H and O–H groups in total. The number of rotatable bonds is 3. The van der Waals surface area contributed by atoms with Crippen LogP contribution < -0.4 is 0 Å². The molecule has 0 radical (unpaired) electrons. The molecule has 21 heavy (non-hydrogen) atoms. The van der Waals surface area contributed by atoms with E-state index in [2.05, 4.69) is 10.2 Å². The number of amides is 1. The topological polar surface area (TPSA) is 49.0 Å². The van der Waals surface area contributed by atoms with Gasteiger partial charge in [0.2, 0.25) is 0 Å². The Morgan fingerprint density at radius 2 is 2.19 bits per heavy atom. The lowest BCUT2D eigenvalue weighted by Crippen LogP contribution is -2.29. The molecule has 1 saturated heterocycles. The average Bonchev–Trinajstić information content (AvgIpc) is 3.10. The molecule has 0 aliphatic carbocycles. The van der Waals surface area contributed by atoms with Crippen molar-refractivity contribution in [3.63, 3.8) is 0 Å². The summed E-state index contributed by atoms with van der Waals surface area (Å²) in [6, 6.07) is 6.62. The molecule has 3 rings (SSSR count). The average molecular weight is 287 g/mol. The molecule has 1 atom stereocenters. The lowest BCUT2D eigenvalue weighted by atomic mass is 9.99. The van der Waals surface area contributed by atoms with Gasteiger partial charge >= 0.3 is 0 Å². The van der Waals surface area contributed by atoms with Crippen molar-refractivity contribution in [2.45, 2.75) is 19.8 Å². The van der Waals surface area contributed by atoms with Crippen molar-refractivity contribution >= 4 is 5.91 Å². The standard InChI is InChI=1S/C16H18FN3O/c1-11-15(9-18-19-11)16(21)20-7-6-13(10-20)8-12-2-4-14(17)5-3-12/h2-5,9,13H,6-8,10H2,1H3,(H,18,19). The molecule has 0 spiro atoms. The third kappa shape index (κ3) is 2.96. The fourth-order valence-electron chi connectivity index (χ4n) is 2.87. The smallest absolute Gasteiger partial charge is 0.257 e. The van der Waals surface area contributed by atoms with E-state index >= 15 is 0 Å². The molecule has 0 bridgehead atoms. The van der Waals surface area contributed by atoms with Crippen LogP contribution in [0.25, 0.3) is 0 Å². The summed E-state index contributed by atoms with van der Waals surface area (Å²) in [5.74, 6) is 0.270. The van der Waals surface area contributed by atoms with Crippen LogP contribution in [-0.2, 0) is 6.42 Å². The van der Waals surface area contributed by atoms with Gasteiger partial charge in [-0.25, -0.2) is 4.39 Å². The number of nitrogens with zero attached hydrogens (tertiary/aromatic N) is 2. The van der Waals surface area contributed by atoms with E-state index < -0.39 is 0 Å². The maximum atomic E-state index is 12.9. The van der Waals surface area contributed by atoms with E-state index in [0.29, 0.717) is 11.5 Å². The molecule has 1 aliphatic heterocycles. The van der Waals surface area contributed by atoms with Crippen molar-refractivity contribution in [1.82, 2.24) is 15.1 Å². The van der Waals surface area contributed by atoms with E-state index in [-0.39, 0.29) is 11.7 Å². The second kappa shape index (κ2) is 5.68. The Kier molecular flexibility index (Phi) is 3.73. The number of nitrogens with one attached hydrogen (secondary N) is 1. The van der Waals surface area contributed by atoms with E-state index in [0.717, 1.165) is 37.2 Å². The number of carbonyl (C=O) groups is 1.